The summed E-state index contributed by atoms with van der Waals surface area (Å²) in [6.45, 7) is 2.21. The molecule has 2 aliphatic rings. The summed E-state index contributed by atoms with van der Waals surface area (Å²) in [4.78, 5) is 0. The van der Waals surface area contributed by atoms with E-state index in [1.54, 1.807) is 0 Å². The average molecular weight is 166 g/mol. The van der Waals surface area contributed by atoms with E-state index in [1.165, 1.54) is 5.57 Å². The van der Waals surface area contributed by atoms with Crippen LogP contribution in [0.25, 0.3) is 0 Å². The zero-order valence-electron chi connectivity index (χ0n) is 6.82. The molecule has 0 spiro atoms. The van der Waals surface area contributed by atoms with Gasteiger partial charge in [0.15, 0.2) is 11.6 Å². The van der Waals surface area contributed by atoms with Crippen molar-refractivity contribution >= 4 is 17.3 Å². The molecule has 0 aromatic heterocycles. The van der Waals surface area contributed by atoms with Gasteiger partial charge in [-0.05, 0) is 13.0 Å². The van der Waals surface area contributed by atoms with Gasteiger partial charge in [-0.15, -0.1) is 0 Å². The van der Waals surface area contributed by atoms with E-state index in [2.05, 4.69) is 42.3 Å². The number of rotatable bonds is 0. The van der Waals surface area contributed by atoms with Crippen molar-refractivity contribution in [2.24, 2.45) is 0 Å². The van der Waals surface area contributed by atoms with E-state index in [0.29, 0.717) is 11.3 Å². The lowest BCUT2D eigenvalue weighted by Crippen LogP contribution is -2.28. The molecule has 11 heavy (non-hydrogen) atoms. The van der Waals surface area contributed by atoms with E-state index in [1.807, 2.05) is 11.8 Å². The zero-order valence-corrected chi connectivity index (χ0v) is 7.64. The van der Waals surface area contributed by atoms with Crippen LogP contribution in [0.3, 0.4) is 0 Å². The molecule has 0 N–H and O–H groups in total. The smallest absolute Gasteiger partial charge is 0.199 e. The first kappa shape index (κ1) is 7.17. The Labute approximate surface area is 71.5 Å². The molecule has 2 unspecified atom stereocenters. The van der Waals surface area contributed by atoms with Crippen LogP contribution in [0.5, 0.6) is 0 Å². The summed E-state index contributed by atoms with van der Waals surface area (Å²) in [5.74, 6) is 0. The minimum absolute atomic E-state index is 0.602. The second-order valence-corrected chi connectivity index (χ2v) is 4.10. The largest absolute Gasteiger partial charge is 0.225 e. The van der Waals surface area contributed by atoms with Gasteiger partial charge in [0.2, 0.25) is 0 Å². The lowest BCUT2D eigenvalue weighted by atomic mass is 10.0. The fourth-order valence-electron chi connectivity index (χ4n) is 1.56. The highest BCUT2D eigenvalue weighted by Gasteiger charge is 2.35. The number of thioether (sulfide) groups is 1. The molecule has 0 fully saturated rings. The quantitative estimate of drug-likeness (QED) is 0.495. The zero-order chi connectivity index (χ0) is 7.84. The number of nitrogens with zero attached hydrogens (tertiary/aromatic N) is 1. The molecule has 58 valence electrons. The van der Waals surface area contributed by atoms with E-state index in [-0.39, 0.29) is 0 Å². The third kappa shape index (κ3) is 1.06. The molecule has 1 aliphatic carbocycles. The van der Waals surface area contributed by atoms with Crippen LogP contribution in [-0.2, 0) is 0 Å². The highest BCUT2D eigenvalue weighted by atomic mass is 32.2. The first-order valence-corrected chi connectivity index (χ1v) is 4.79. The molecule has 0 bridgehead atoms. The summed E-state index contributed by atoms with van der Waals surface area (Å²) in [5, 5.41) is 0.671. The van der Waals surface area contributed by atoms with Gasteiger partial charge < -0.3 is 0 Å². The lowest BCUT2D eigenvalue weighted by Gasteiger charge is -2.15. The molecule has 1 aliphatic heterocycles. The van der Waals surface area contributed by atoms with Crippen LogP contribution in [0.4, 0.5) is 0 Å². The van der Waals surface area contributed by atoms with Gasteiger partial charge in [-0.2, -0.15) is 0 Å². The monoisotopic (exact) mass is 166 g/mol. The van der Waals surface area contributed by atoms with Crippen LogP contribution in [0.2, 0.25) is 0 Å². The molecule has 0 saturated carbocycles. The summed E-state index contributed by atoms with van der Waals surface area (Å²) in [6.07, 6.45) is 6.64. The van der Waals surface area contributed by atoms with Gasteiger partial charge in [-0.25, -0.2) is 4.58 Å². The molecule has 0 saturated heterocycles. The van der Waals surface area contributed by atoms with Crippen LogP contribution < -0.4 is 0 Å². The van der Waals surface area contributed by atoms with E-state index in [4.69, 9.17) is 0 Å². The molecule has 2 rings (SSSR count). The number of allylic oxidation sites excluding steroid dienone is 2. The first-order chi connectivity index (χ1) is 5.29. The second kappa shape index (κ2) is 2.52. The molecule has 2 atom stereocenters. The fourth-order valence-corrected chi connectivity index (χ4v) is 2.76. The van der Waals surface area contributed by atoms with Gasteiger partial charge >= 0.3 is 0 Å². The van der Waals surface area contributed by atoms with Crippen molar-refractivity contribution in [3.8, 4) is 0 Å². The van der Waals surface area contributed by atoms with Crippen LogP contribution in [0.1, 0.15) is 6.92 Å². The molecule has 0 amide bonds. The van der Waals surface area contributed by atoms with E-state index < -0.39 is 0 Å². The van der Waals surface area contributed by atoms with Crippen molar-refractivity contribution in [3.63, 3.8) is 0 Å². The third-order valence-electron chi connectivity index (χ3n) is 2.27. The van der Waals surface area contributed by atoms with Gasteiger partial charge in [0.05, 0.1) is 0 Å². The summed E-state index contributed by atoms with van der Waals surface area (Å²) in [7, 11) is 2.14. The van der Waals surface area contributed by atoms with Crippen molar-refractivity contribution in [2.75, 3.05) is 7.05 Å². The summed E-state index contributed by atoms with van der Waals surface area (Å²) in [6, 6.07) is 0.602. The minimum Gasteiger partial charge on any atom is -0.225 e. The van der Waals surface area contributed by atoms with Crippen LogP contribution in [0.15, 0.2) is 23.8 Å². The second-order valence-electron chi connectivity index (χ2n) is 3.11. The Morgan fingerprint density at radius 3 is 3.09 bits per heavy atom. The minimum atomic E-state index is 0.602. The highest BCUT2D eigenvalue weighted by molar-refractivity contribution is 8.12. The van der Waals surface area contributed by atoms with Crippen LogP contribution in [0, 0.1) is 0 Å². The van der Waals surface area contributed by atoms with Crippen molar-refractivity contribution in [1.29, 1.82) is 0 Å². The Balaban J connectivity index is 2.30. The lowest BCUT2D eigenvalue weighted by molar-refractivity contribution is -0.513. The summed E-state index contributed by atoms with van der Waals surface area (Å²) < 4.78 is 2.28. The molecule has 0 radical (unpaired) electrons. The average Bonchev–Trinajstić information content (AvgIpc) is 2.35. The molecular weight excluding hydrogens is 154 g/mol. The van der Waals surface area contributed by atoms with E-state index in [0.717, 1.165) is 0 Å². The van der Waals surface area contributed by atoms with Crippen molar-refractivity contribution < 1.29 is 4.58 Å². The third-order valence-corrected chi connectivity index (χ3v) is 3.67. The highest BCUT2D eigenvalue weighted by Crippen LogP contribution is 2.30. The predicted molar refractivity (Wildman–Crippen MR) is 50.3 cm³/mol. The topological polar surface area (TPSA) is 3.01 Å². The van der Waals surface area contributed by atoms with Gasteiger partial charge in [0.25, 0.3) is 0 Å². The van der Waals surface area contributed by atoms with E-state index >= 15 is 0 Å². The van der Waals surface area contributed by atoms with Crippen LogP contribution >= 0.6 is 11.8 Å². The molecule has 1 nitrogen and oxygen atoms in total. The SMILES string of the molecule is CC1=CC=CC2C1SC=[N+]2C. The molecule has 2 heteroatoms. The number of fused-ring (bicyclic) bond motifs is 1. The number of likely N-dealkylation sites (N-methyl/N-ethyl adjacent to an activating group) is 1. The van der Waals surface area contributed by atoms with Gasteiger partial charge in [-0.3, -0.25) is 0 Å². The predicted octanol–water partition coefficient (Wildman–Crippen LogP) is 1.66. The number of hydrogen-bond donors (Lipinski definition) is 0. The summed E-state index contributed by atoms with van der Waals surface area (Å²) >= 11 is 1.92. The standard InChI is InChI=1S/C9H12NS/c1-7-4-3-5-8-9(7)11-6-10(8)2/h3-6,8-9H,1-2H3/q+1. The van der Waals surface area contributed by atoms with Crippen LogP contribution in [-0.4, -0.2) is 28.5 Å². The fraction of sp³-hybridized carbons (Fsp3) is 0.444. The first-order valence-electron chi connectivity index (χ1n) is 3.85. The van der Waals surface area contributed by atoms with Gasteiger partial charge in [-0.1, -0.05) is 29.5 Å². The maximum atomic E-state index is 2.28. The maximum absolute atomic E-state index is 2.28. The number of hydrogen-bond acceptors (Lipinski definition) is 1. The molecule has 1 heterocycles. The normalized spacial score (nSPS) is 34.7. The Kier molecular flexibility index (Phi) is 1.64. The van der Waals surface area contributed by atoms with Crippen molar-refractivity contribution in [2.45, 2.75) is 18.2 Å². The molecule has 0 aromatic carbocycles. The van der Waals surface area contributed by atoms with Crippen molar-refractivity contribution in [1.82, 2.24) is 0 Å². The Morgan fingerprint density at radius 2 is 2.36 bits per heavy atom. The van der Waals surface area contributed by atoms with Gasteiger partial charge in [0, 0.05) is 0 Å². The Hall–Kier alpha value is -0.500. The Bertz CT molecular complexity index is 263. The van der Waals surface area contributed by atoms with Crippen molar-refractivity contribution in [3.05, 3.63) is 23.8 Å². The van der Waals surface area contributed by atoms with E-state index in [9.17, 15) is 0 Å². The Morgan fingerprint density at radius 1 is 1.55 bits per heavy atom. The molecular formula is C9H12NS+. The van der Waals surface area contributed by atoms with Gasteiger partial charge in [0.1, 0.15) is 12.3 Å². The summed E-state index contributed by atoms with van der Waals surface area (Å²) in [5.41, 5.74) is 3.70. The maximum Gasteiger partial charge on any atom is 0.199 e. The molecule has 0 aromatic rings.